The van der Waals surface area contributed by atoms with Gasteiger partial charge in [0.15, 0.2) is 0 Å². The first-order valence-corrected chi connectivity index (χ1v) is 6.54. The summed E-state index contributed by atoms with van der Waals surface area (Å²) >= 11 is 1.16. The Morgan fingerprint density at radius 3 is 2.60 bits per heavy atom. The molecule has 0 amide bonds. The summed E-state index contributed by atoms with van der Waals surface area (Å²) in [7, 11) is -0.723. The molecule has 0 unspecified atom stereocenters. The molecule has 0 saturated heterocycles. The van der Waals surface area contributed by atoms with Crippen LogP contribution in [-0.2, 0) is 19.8 Å². The summed E-state index contributed by atoms with van der Waals surface area (Å²) < 4.78 is 21.2. The monoisotopic (exact) mass is 251 g/mol. The highest BCUT2D eigenvalue weighted by Crippen LogP contribution is 2.51. The van der Waals surface area contributed by atoms with Crippen molar-refractivity contribution in [2.75, 3.05) is 14.2 Å². The molecule has 0 aromatic carbocycles. The maximum absolute atomic E-state index is 11.7. The third-order valence-electron chi connectivity index (χ3n) is 1.81. The van der Waals surface area contributed by atoms with Crippen molar-refractivity contribution in [3.63, 3.8) is 0 Å². The van der Waals surface area contributed by atoms with Crippen LogP contribution in [0.1, 0.15) is 4.88 Å². The van der Waals surface area contributed by atoms with E-state index in [2.05, 4.69) is 0 Å². The molecule has 0 N–H and O–H groups in total. The molecule has 1 aromatic rings. The van der Waals surface area contributed by atoms with Crippen molar-refractivity contribution in [2.45, 2.75) is 6.16 Å². The van der Waals surface area contributed by atoms with Gasteiger partial charge in [0.05, 0.1) is 16.0 Å². The fourth-order valence-corrected chi connectivity index (χ4v) is 3.31. The molecule has 0 bridgehead atoms. The van der Waals surface area contributed by atoms with Gasteiger partial charge in [-0.05, 0) is 5.38 Å². The molecule has 0 atom stereocenters. The van der Waals surface area contributed by atoms with Crippen LogP contribution in [0, 0.1) is 10.1 Å². The van der Waals surface area contributed by atoms with E-state index in [0.29, 0.717) is 4.88 Å². The second-order valence-corrected chi connectivity index (χ2v) is 5.89. The third-order valence-corrected chi connectivity index (χ3v) is 4.75. The second-order valence-electron chi connectivity index (χ2n) is 2.62. The van der Waals surface area contributed by atoms with E-state index in [1.54, 1.807) is 5.38 Å². The van der Waals surface area contributed by atoms with E-state index in [0.717, 1.165) is 11.3 Å². The molecule has 0 aliphatic rings. The zero-order chi connectivity index (χ0) is 11.5. The Morgan fingerprint density at radius 2 is 2.13 bits per heavy atom. The number of nitrogens with zero attached hydrogens (tertiary/aromatic N) is 1. The van der Waals surface area contributed by atoms with Gasteiger partial charge in [0, 0.05) is 20.3 Å². The summed E-state index contributed by atoms with van der Waals surface area (Å²) in [4.78, 5) is 10.5. The minimum atomic E-state index is -3.23. The number of hydrogen-bond acceptors (Lipinski definition) is 6. The van der Waals surface area contributed by atoms with Crippen molar-refractivity contribution >= 4 is 24.6 Å². The SMILES string of the molecule is COP(=O)(Cc1sccc1[N+](=O)[O-])OC. The van der Waals surface area contributed by atoms with Gasteiger partial charge in [-0.3, -0.25) is 14.7 Å². The van der Waals surface area contributed by atoms with E-state index >= 15 is 0 Å². The normalized spacial score (nSPS) is 11.6. The van der Waals surface area contributed by atoms with Crippen molar-refractivity contribution in [1.29, 1.82) is 0 Å². The molecule has 0 spiro atoms. The van der Waals surface area contributed by atoms with Crippen LogP contribution in [-0.4, -0.2) is 19.1 Å². The predicted molar refractivity (Wildman–Crippen MR) is 56.3 cm³/mol. The van der Waals surface area contributed by atoms with E-state index in [4.69, 9.17) is 9.05 Å². The molecule has 6 nitrogen and oxygen atoms in total. The first kappa shape index (κ1) is 12.3. The number of thiophene rings is 1. The minimum absolute atomic E-state index is 0.0469. The van der Waals surface area contributed by atoms with E-state index in [9.17, 15) is 14.7 Å². The fraction of sp³-hybridized carbons (Fsp3) is 0.429. The molecule has 8 heteroatoms. The second kappa shape index (κ2) is 4.85. The van der Waals surface area contributed by atoms with Crippen molar-refractivity contribution < 1.29 is 18.5 Å². The Hall–Kier alpha value is -0.750. The average molecular weight is 251 g/mol. The molecule has 0 aliphatic carbocycles. The number of rotatable bonds is 5. The summed E-state index contributed by atoms with van der Waals surface area (Å²) in [5.41, 5.74) is -0.0469. The van der Waals surface area contributed by atoms with Crippen molar-refractivity contribution in [3.8, 4) is 0 Å². The van der Waals surface area contributed by atoms with Crippen molar-refractivity contribution in [2.24, 2.45) is 0 Å². The molecule has 84 valence electrons. The first-order chi connectivity index (χ1) is 7.02. The van der Waals surface area contributed by atoms with E-state index in [1.165, 1.54) is 20.3 Å². The molecule has 1 heterocycles. The summed E-state index contributed by atoms with van der Waals surface area (Å²) in [6, 6.07) is 1.37. The minimum Gasteiger partial charge on any atom is -0.312 e. The van der Waals surface area contributed by atoms with Crippen LogP contribution in [0.3, 0.4) is 0 Å². The maximum Gasteiger partial charge on any atom is 0.335 e. The van der Waals surface area contributed by atoms with Gasteiger partial charge in [-0.15, -0.1) is 11.3 Å². The lowest BCUT2D eigenvalue weighted by Gasteiger charge is -2.11. The quantitative estimate of drug-likeness (QED) is 0.456. The van der Waals surface area contributed by atoms with Gasteiger partial charge in [-0.1, -0.05) is 0 Å². The van der Waals surface area contributed by atoms with Gasteiger partial charge in [-0.25, -0.2) is 0 Å². The number of hydrogen-bond donors (Lipinski definition) is 0. The fourth-order valence-electron chi connectivity index (χ4n) is 0.994. The van der Waals surface area contributed by atoms with E-state index < -0.39 is 12.5 Å². The molecule has 0 aliphatic heterocycles. The molecule has 1 rings (SSSR count). The van der Waals surface area contributed by atoms with Crippen LogP contribution >= 0.6 is 18.9 Å². The zero-order valence-corrected chi connectivity index (χ0v) is 9.92. The van der Waals surface area contributed by atoms with Crippen LogP contribution in [0.4, 0.5) is 5.69 Å². The van der Waals surface area contributed by atoms with E-state index in [-0.39, 0.29) is 11.8 Å². The molecule has 1 aromatic heterocycles. The summed E-state index contributed by atoms with van der Waals surface area (Å²) in [6.45, 7) is 0. The summed E-state index contributed by atoms with van der Waals surface area (Å²) in [6.07, 6.45) is -0.0754. The lowest BCUT2D eigenvalue weighted by Crippen LogP contribution is -1.95. The van der Waals surface area contributed by atoms with Crippen LogP contribution in [0.2, 0.25) is 0 Å². The van der Waals surface area contributed by atoms with Gasteiger partial charge in [0.25, 0.3) is 5.69 Å². The molecule has 0 radical (unpaired) electrons. The smallest absolute Gasteiger partial charge is 0.312 e. The standard InChI is InChI=1S/C7H10NO5PS/c1-12-14(11,13-2)5-7-6(8(9)10)3-4-15-7/h3-4H,5H2,1-2H3. The van der Waals surface area contributed by atoms with Gasteiger partial charge in [0.1, 0.15) is 0 Å². The highest BCUT2D eigenvalue weighted by molar-refractivity contribution is 7.53. The van der Waals surface area contributed by atoms with Crippen LogP contribution < -0.4 is 0 Å². The van der Waals surface area contributed by atoms with Crippen LogP contribution in [0.15, 0.2) is 11.4 Å². The van der Waals surface area contributed by atoms with Crippen LogP contribution in [0.25, 0.3) is 0 Å². The molecule has 0 saturated carbocycles. The Morgan fingerprint density at radius 1 is 1.53 bits per heavy atom. The molecular formula is C7H10NO5PS. The Kier molecular flexibility index (Phi) is 3.98. The molecule has 15 heavy (non-hydrogen) atoms. The van der Waals surface area contributed by atoms with E-state index in [1.807, 2.05) is 0 Å². The van der Waals surface area contributed by atoms with Gasteiger partial charge in [0.2, 0.25) is 0 Å². The highest BCUT2D eigenvalue weighted by Gasteiger charge is 2.27. The average Bonchev–Trinajstić information content (AvgIpc) is 2.65. The lowest BCUT2D eigenvalue weighted by atomic mass is 10.4. The van der Waals surface area contributed by atoms with Crippen LogP contribution in [0.5, 0.6) is 0 Å². The predicted octanol–water partition coefficient (Wildman–Crippen LogP) is 2.64. The van der Waals surface area contributed by atoms with Crippen molar-refractivity contribution in [1.82, 2.24) is 0 Å². The van der Waals surface area contributed by atoms with Gasteiger partial charge >= 0.3 is 7.60 Å². The number of nitro groups is 1. The van der Waals surface area contributed by atoms with Gasteiger partial charge < -0.3 is 9.05 Å². The molecule has 0 fully saturated rings. The zero-order valence-electron chi connectivity index (χ0n) is 8.21. The summed E-state index contributed by atoms with van der Waals surface area (Å²) in [5, 5.41) is 12.2. The van der Waals surface area contributed by atoms with Crippen molar-refractivity contribution in [3.05, 3.63) is 26.4 Å². The topological polar surface area (TPSA) is 78.7 Å². The first-order valence-electron chi connectivity index (χ1n) is 3.93. The highest BCUT2D eigenvalue weighted by atomic mass is 32.1. The Bertz CT molecular complexity index is 396. The lowest BCUT2D eigenvalue weighted by molar-refractivity contribution is -0.385. The molecular weight excluding hydrogens is 241 g/mol. The summed E-state index contributed by atoms with van der Waals surface area (Å²) in [5.74, 6) is 0. The maximum atomic E-state index is 11.7. The Balaban J connectivity index is 2.94. The van der Waals surface area contributed by atoms with Gasteiger partial charge in [-0.2, -0.15) is 0 Å². The third kappa shape index (κ3) is 2.85. The Labute approximate surface area is 90.5 Å². The largest absolute Gasteiger partial charge is 0.335 e.